The Balaban J connectivity index is 2.35. The third kappa shape index (κ3) is 4.78. The average molecular weight is 314 g/mol. The van der Waals surface area contributed by atoms with Crippen LogP contribution in [-0.4, -0.2) is 25.7 Å². The Labute approximate surface area is 117 Å². The molecular formula is C14H20BrNO2. The van der Waals surface area contributed by atoms with Crippen LogP contribution < -0.4 is 5.32 Å². The summed E-state index contributed by atoms with van der Waals surface area (Å²) in [5.41, 5.74) is 1.75. The van der Waals surface area contributed by atoms with Crippen molar-refractivity contribution >= 4 is 21.8 Å². The molecule has 0 fully saturated rings. The first-order valence-corrected chi connectivity index (χ1v) is 7.07. The molecule has 0 heterocycles. The summed E-state index contributed by atoms with van der Waals surface area (Å²) >= 11 is 3.44. The number of amides is 1. The molecule has 0 saturated heterocycles. The largest absolute Gasteiger partial charge is 0.381 e. The number of hydrogen-bond acceptors (Lipinski definition) is 2. The molecule has 1 aromatic rings. The predicted molar refractivity (Wildman–Crippen MR) is 76.9 cm³/mol. The molecule has 1 rings (SSSR count). The van der Waals surface area contributed by atoms with Crippen LogP contribution >= 0.6 is 15.9 Å². The van der Waals surface area contributed by atoms with E-state index in [2.05, 4.69) is 28.2 Å². The lowest BCUT2D eigenvalue weighted by molar-refractivity contribution is 0.0940. The summed E-state index contributed by atoms with van der Waals surface area (Å²) in [6.07, 6.45) is 1.87. The minimum absolute atomic E-state index is 0.0407. The van der Waals surface area contributed by atoms with Crippen LogP contribution in [0, 0.1) is 6.92 Å². The minimum atomic E-state index is -0.0407. The first-order chi connectivity index (χ1) is 8.66. The van der Waals surface area contributed by atoms with E-state index in [0.717, 1.165) is 29.5 Å². The summed E-state index contributed by atoms with van der Waals surface area (Å²) < 4.78 is 6.22. The summed E-state index contributed by atoms with van der Waals surface area (Å²) in [7, 11) is 0. The van der Waals surface area contributed by atoms with Crippen LogP contribution in [-0.2, 0) is 4.74 Å². The van der Waals surface area contributed by atoms with E-state index in [9.17, 15) is 4.79 Å². The fraction of sp³-hybridized carbons (Fsp3) is 0.500. The van der Waals surface area contributed by atoms with Gasteiger partial charge in [0, 0.05) is 24.2 Å². The molecule has 0 saturated carbocycles. The van der Waals surface area contributed by atoms with E-state index in [1.807, 2.05) is 25.1 Å². The van der Waals surface area contributed by atoms with Gasteiger partial charge in [0.1, 0.15) is 0 Å². The van der Waals surface area contributed by atoms with Crippen molar-refractivity contribution in [2.24, 2.45) is 0 Å². The molecule has 1 amide bonds. The Morgan fingerprint density at radius 3 is 2.89 bits per heavy atom. The third-order valence-electron chi connectivity index (χ3n) is 2.54. The third-order valence-corrected chi connectivity index (χ3v) is 3.59. The Morgan fingerprint density at radius 1 is 1.39 bits per heavy atom. The molecule has 0 aliphatic rings. The minimum Gasteiger partial charge on any atom is -0.381 e. The second-order valence-electron chi connectivity index (χ2n) is 4.16. The molecule has 0 bridgehead atoms. The number of carbonyl (C=O) groups excluding carboxylic acids is 1. The number of aryl methyl sites for hydroxylation is 1. The smallest absolute Gasteiger partial charge is 0.252 e. The van der Waals surface area contributed by atoms with Crippen LogP contribution in [0.5, 0.6) is 0 Å². The molecule has 0 aromatic heterocycles. The summed E-state index contributed by atoms with van der Waals surface area (Å²) in [5.74, 6) is -0.0407. The van der Waals surface area contributed by atoms with Gasteiger partial charge in [-0.15, -0.1) is 0 Å². The number of ether oxygens (including phenoxy) is 1. The number of benzene rings is 1. The van der Waals surface area contributed by atoms with E-state index >= 15 is 0 Å². The molecule has 1 aromatic carbocycles. The van der Waals surface area contributed by atoms with Gasteiger partial charge in [-0.25, -0.2) is 0 Å². The lowest BCUT2D eigenvalue weighted by atomic mass is 10.1. The Hall–Kier alpha value is -0.870. The van der Waals surface area contributed by atoms with E-state index in [1.54, 1.807) is 0 Å². The van der Waals surface area contributed by atoms with E-state index < -0.39 is 0 Å². The summed E-state index contributed by atoms with van der Waals surface area (Å²) in [6, 6.07) is 5.68. The lowest BCUT2D eigenvalue weighted by Crippen LogP contribution is -2.25. The van der Waals surface area contributed by atoms with Crippen LogP contribution in [0.1, 0.15) is 35.7 Å². The van der Waals surface area contributed by atoms with Crippen molar-refractivity contribution in [3.05, 3.63) is 33.8 Å². The summed E-state index contributed by atoms with van der Waals surface area (Å²) in [4.78, 5) is 11.9. The molecule has 18 heavy (non-hydrogen) atoms. The van der Waals surface area contributed by atoms with Crippen molar-refractivity contribution in [1.29, 1.82) is 0 Å². The number of carbonyl (C=O) groups is 1. The monoisotopic (exact) mass is 313 g/mol. The predicted octanol–water partition coefficient (Wildman–Crippen LogP) is 3.30. The maximum Gasteiger partial charge on any atom is 0.252 e. The molecule has 100 valence electrons. The zero-order valence-electron chi connectivity index (χ0n) is 11.0. The summed E-state index contributed by atoms with van der Waals surface area (Å²) in [6.45, 7) is 6.18. The maximum atomic E-state index is 11.9. The number of hydrogen-bond donors (Lipinski definition) is 1. The van der Waals surface area contributed by atoms with Gasteiger partial charge in [-0.2, -0.15) is 0 Å². The van der Waals surface area contributed by atoms with E-state index in [-0.39, 0.29) is 5.91 Å². The Bertz CT molecular complexity index is 393. The fourth-order valence-electron chi connectivity index (χ4n) is 1.54. The Kier molecular flexibility index (Phi) is 6.98. The highest BCUT2D eigenvalue weighted by Gasteiger charge is 2.10. The standard InChI is InChI=1S/C14H20BrNO2/c1-3-9-18-10-5-8-16-14(17)12-7-4-6-11(2)13(12)15/h4,6-7H,3,5,8-10H2,1-2H3,(H,16,17). The van der Waals surface area contributed by atoms with Crippen LogP contribution in [0.25, 0.3) is 0 Å². The van der Waals surface area contributed by atoms with Crippen molar-refractivity contribution in [2.45, 2.75) is 26.7 Å². The molecule has 1 N–H and O–H groups in total. The number of halogens is 1. The molecule has 0 radical (unpaired) electrons. The molecular weight excluding hydrogens is 294 g/mol. The van der Waals surface area contributed by atoms with Gasteiger partial charge in [0.05, 0.1) is 5.56 Å². The molecule has 3 nitrogen and oxygen atoms in total. The molecule has 4 heteroatoms. The molecule has 0 atom stereocenters. The maximum absolute atomic E-state index is 11.9. The van der Waals surface area contributed by atoms with E-state index in [4.69, 9.17) is 4.74 Å². The fourth-order valence-corrected chi connectivity index (χ4v) is 1.98. The quantitative estimate of drug-likeness (QED) is 0.784. The first kappa shape index (κ1) is 15.2. The molecule has 0 spiro atoms. The van der Waals surface area contributed by atoms with Crippen LogP contribution in [0.4, 0.5) is 0 Å². The number of rotatable bonds is 7. The van der Waals surface area contributed by atoms with Gasteiger partial charge >= 0.3 is 0 Å². The SMILES string of the molecule is CCCOCCCNC(=O)c1cccc(C)c1Br. The van der Waals surface area contributed by atoms with Crippen molar-refractivity contribution < 1.29 is 9.53 Å². The normalized spacial score (nSPS) is 10.4. The second-order valence-corrected chi connectivity index (χ2v) is 4.95. The van der Waals surface area contributed by atoms with Gasteiger partial charge < -0.3 is 10.1 Å². The Morgan fingerprint density at radius 2 is 2.17 bits per heavy atom. The first-order valence-electron chi connectivity index (χ1n) is 6.28. The highest BCUT2D eigenvalue weighted by Crippen LogP contribution is 2.20. The van der Waals surface area contributed by atoms with Gasteiger partial charge in [-0.05, 0) is 47.3 Å². The van der Waals surface area contributed by atoms with Gasteiger partial charge in [0.2, 0.25) is 0 Å². The van der Waals surface area contributed by atoms with Crippen LogP contribution in [0.3, 0.4) is 0 Å². The zero-order chi connectivity index (χ0) is 13.4. The van der Waals surface area contributed by atoms with Gasteiger partial charge in [0.25, 0.3) is 5.91 Å². The van der Waals surface area contributed by atoms with Crippen molar-refractivity contribution in [2.75, 3.05) is 19.8 Å². The van der Waals surface area contributed by atoms with Crippen molar-refractivity contribution in [1.82, 2.24) is 5.32 Å². The highest BCUT2D eigenvalue weighted by atomic mass is 79.9. The molecule has 0 aliphatic carbocycles. The summed E-state index contributed by atoms with van der Waals surface area (Å²) in [5, 5.41) is 2.89. The zero-order valence-corrected chi connectivity index (χ0v) is 12.5. The average Bonchev–Trinajstić information content (AvgIpc) is 2.36. The highest BCUT2D eigenvalue weighted by molar-refractivity contribution is 9.10. The van der Waals surface area contributed by atoms with E-state index in [1.165, 1.54) is 0 Å². The molecule has 0 unspecified atom stereocenters. The van der Waals surface area contributed by atoms with Crippen LogP contribution in [0.2, 0.25) is 0 Å². The lowest BCUT2D eigenvalue weighted by Gasteiger charge is -2.08. The van der Waals surface area contributed by atoms with Gasteiger partial charge in [0.15, 0.2) is 0 Å². The van der Waals surface area contributed by atoms with E-state index in [0.29, 0.717) is 18.7 Å². The van der Waals surface area contributed by atoms with Crippen molar-refractivity contribution in [3.8, 4) is 0 Å². The van der Waals surface area contributed by atoms with Crippen LogP contribution in [0.15, 0.2) is 22.7 Å². The topological polar surface area (TPSA) is 38.3 Å². The molecule has 0 aliphatic heterocycles. The van der Waals surface area contributed by atoms with Crippen molar-refractivity contribution in [3.63, 3.8) is 0 Å². The second kappa shape index (κ2) is 8.27. The van der Waals surface area contributed by atoms with Gasteiger partial charge in [-0.1, -0.05) is 19.1 Å². The van der Waals surface area contributed by atoms with Gasteiger partial charge in [-0.3, -0.25) is 4.79 Å². The number of nitrogens with one attached hydrogen (secondary N) is 1.